The summed E-state index contributed by atoms with van der Waals surface area (Å²) >= 11 is 0. The lowest BCUT2D eigenvalue weighted by molar-refractivity contribution is -0.133. The van der Waals surface area contributed by atoms with Gasteiger partial charge in [0, 0.05) is 32.2 Å². The molecule has 1 heterocycles. The molecule has 0 bridgehead atoms. The maximum Gasteiger partial charge on any atom is 0.234 e. The third-order valence-corrected chi connectivity index (χ3v) is 5.64. The van der Waals surface area contributed by atoms with Crippen molar-refractivity contribution in [2.75, 3.05) is 20.1 Å². The maximum absolute atomic E-state index is 13.5. The molecule has 0 N–H and O–H groups in total. The zero-order valence-corrected chi connectivity index (χ0v) is 16.1. The van der Waals surface area contributed by atoms with Crippen LogP contribution in [0.5, 0.6) is 0 Å². The molecule has 1 aliphatic rings. The number of benzene rings is 2. The third kappa shape index (κ3) is 4.16. The summed E-state index contributed by atoms with van der Waals surface area (Å²) in [5.41, 5.74) is 2.13. The number of likely N-dealkylation sites (N-methyl/N-ethyl adjacent to an activating group) is 1. The number of amides is 1. The number of carbonyl (C=O) groups is 1. The SMILES string of the molecule is CC(C)N1CCC(N(C)C(=O)C(c2ccccc2)c2ccccc2)CC1. The molecule has 1 fully saturated rings. The fourth-order valence-electron chi connectivity index (χ4n) is 3.94. The topological polar surface area (TPSA) is 23.6 Å². The molecule has 0 aromatic heterocycles. The van der Waals surface area contributed by atoms with Gasteiger partial charge in [0.1, 0.15) is 0 Å². The van der Waals surface area contributed by atoms with Crippen LogP contribution in [0.3, 0.4) is 0 Å². The molecule has 0 spiro atoms. The molecule has 1 aliphatic heterocycles. The van der Waals surface area contributed by atoms with Crippen LogP contribution in [0, 0.1) is 0 Å². The Kier molecular flexibility index (Phi) is 6.10. The highest BCUT2D eigenvalue weighted by molar-refractivity contribution is 5.87. The minimum Gasteiger partial charge on any atom is -0.342 e. The molecule has 3 nitrogen and oxygen atoms in total. The van der Waals surface area contributed by atoms with Gasteiger partial charge in [-0.2, -0.15) is 0 Å². The summed E-state index contributed by atoms with van der Waals surface area (Å²) in [6.07, 6.45) is 2.10. The highest BCUT2D eigenvalue weighted by Crippen LogP contribution is 2.28. The van der Waals surface area contributed by atoms with Gasteiger partial charge in [0.25, 0.3) is 0 Å². The van der Waals surface area contributed by atoms with Gasteiger partial charge in [-0.3, -0.25) is 4.79 Å². The molecule has 0 radical (unpaired) electrons. The molecule has 1 amide bonds. The molecule has 2 aromatic carbocycles. The van der Waals surface area contributed by atoms with E-state index in [-0.39, 0.29) is 11.8 Å². The van der Waals surface area contributed by atoms with Gasteiger partial charge in [-0.05, 0) is 37.8 Å². The fraction of sp³-hybridized carbons (Fsp3) is 0.435. The Bertz CT molecular complexity index is 651. The van der Waals surface area contributed by atoms with Crippen LogP contribution in [-0.2, 0) is 4.79 Å². The lowest BCUT2D eigenvalue weighted by atomic mass is 9.89. The molecule has 3 heteroatoms. The Labute approximate surface area is 157 Å². The van der Waals surface area contributed by atoms with Crippen LogP contribution in [0.1, 0.15) is 43.7 Å². The lowest BCUT2D eigenvalue weighted by Gasteiger charge is -2.39. The first-order valence-electron chi connectivity index (χ1n) is 9.68. The highest BCUT2D eigenvalue weighted by atomic mass is 16.2. The van der Waals surface area contributed by atoms with E-state index in [0.29, 0.717) is 12.1 Å². The van der Waals surface area contributed by atoms with Gasteiger partial charge in [-0.15, -0.1) is 0 Å². The number of piperidine rings is 1. The standard InChI is InChI=1S/C23H30N2O/c1-18(2)25-16-14-21(15-17-25)24(3)23(26)22(19-10-6-4-7-11-19)20-12-8-5-9-13-20/h4-13,18,21-22H,14-17H2,1-3H3. The lowest BCUT2D eigenvalue weighted by Crippen LogP contribution is -2.48. The van der Waals surface area contributed by atoms with Crippen molar-refractivity contribution in [1.82, 2.24) is 9.80 Å². The van der Waals surface area contributed by atoms with Crippen LogP contribution < -0.4 is 0 Å². The first-order valence-corrected chi connectivity index (χ1v) is 9.68. The summed E-state index contributed by atoms with van der Waals surface area (Å²) in [5.74, 6) is -0.0316. The zero-order chi connectivity index (χ0) is 18.5. The predicted octanol–water partition coefficient (Wildman–Crippen LogP) is 4.15. The van der Waals surface area contributed by atoms with Gasteiger partial charge >= 0.3 is 0 Å². The quantitative estimate of drug-likeness (QED) is 0.809. The number of rotatable bonds is 5. The normalized spacial score (nSPS) is 16.2. The summed E-state index contributed by atoms with van der Waals surface area (Å²) in [6, 6.07) is 21.2. The fourth-order valence-corrected chi connectivity index (χ4v) is 3.94. The first-order chi connectivity index (χ1) is 12.6. The van der Waals surface area contributed by atoms with Crippen LogP contribution in [0.2, 0.25) is 0 Å². The van der Waals surface area contributed by atoms with Crippen molar-refractivity contribution in [1.29, 1.82) is 0 Å². The Morgan fingerprint density at radius 1 is 0.923 bits per heavy atom. The molecular weight excluding hydrogens is 320 g/mol. The Morgan fingerprint density at radius 2 is 1.38 bits per heavy atom. The largest absolute Gasteiger partial charge is 0.342 e. The van der Waals surface area contributed by atoms with Crippen LogP contribution in [0.15, 0.2) is 60.7 Å². The van der Waals surface area contributed by atoms with Crippen molar-refractivity contribution < 1.29 is 4.79 Å². The van der Waals surface area contributed by atoms with Gasteiger partial charge < -0.3 is 9.80 Å². The minimum atomic E-state index is -0.231. The Hall–Kier alpha value is -2.13. The predicted molar refractivity (Wildman–Crippen MR) is 107 cm³/mol. The molecule has 0 atom stereocenters. The van der Waals surface area contributed by atoms with Crippen LogP contribution in [0.4, 0.5) is 0 Å². The van der Waals surface area contributed by atoms with E-state index in [1.807, 2.05) is 48.3 Å². The third-order valence-electron chi connectivity index (χ3n) is 5.64. The number of likely N-dealkylation sites (tertiary alicyclic amines) is 1. The van der Waals surface area contributed by atoms with E-state index in [1.54, 1.807) is 0 Å². The zero-order valence-electron chi connectivity index (χ0n) is 16.1. The molecule has 2 aromatic rings. The van der Waals surface area contributed by atoms with Crippen molar-refractivity contribution >= 4 is 5.91 Å². The molecular formula is C23H30N2O. The second-order valence-corrected chi connectivity index (χ2v) is 7.56. The van der Waals surface area contributed by atoms with E-state index >= 15 is 0 Å². The maximum atomic E-state index is 13.5. The molecule has 138 valence electrons. The van der Waals surface area contributed by atoms with Crippen molar-refractivity contribution in [3.8, 4) is 0 Å². The Morgan fingerprint density at radius 3 is 1.81 bits per heavy atom. The summed E-state index contributed by atoms with van der Waals surface area (Å²) < 4.78 is 0. The monoisotopic (exact) mass is 350 g/mol. The second kappa shape index (κ2) is 8.50. The molecule has 0 saturated carbocycles. The van der Waals surface area contributed by atoms with Crippen molar-refractivity contribution in [3.63, 3.8) is 0 Å². The molecule has 26 heavy (non-hydrogen) atoms. The first kappa shape index (κ1) is 18.7. The van der Waals surface area contributed by atoms with Gasteiger partial charge in [-0.1, -0.05) is 60.7 Å². The number of hydrogen-bond acceptors (Lipinski definition) is 2. The average molecular weight is 351 g/mol. The van der Waals surface area contributed by atoms with Crippen LogP contribution >= 0.6 is 0 Å². The van der Waals surface area contributed by atoms with E-state index in [4.69, 9.17) is 0 Å². The van der Waals surface area contributed by atoms with Crippen molar-refractivity contribution in [3.05, 3.63) is 71.8 Å². The van der Waals surface area contributed by atoms with Gasteiger partial charge in [-0.25, -0.2) is 0 Å². The van der Waals surface area contributed by atoms with Crippen molar-refractivity contribution in [2.24, 2.45) is 0 Å². The molecule has 0 aliphatic carbocycles. The van der Waals surface area contributed by atoms with Crippen molar-refractivity contribution in [2.45, 2.75) is 44.7 Å². The summed E-state index contributed by atoms with van der Waals surface area (Å²) in [6.45, 7) is 6.63. The smallest absolute Gasteiger partial charge is 0.234 e. The number of carbonyl (C=O) groups excluding carboxylic acids is 1. The number of hydrogen-bond donors (Lipinski definition) is 0. The van der Waals surface area contributed by atoms with E-state index in [0.717, 1.165) is 37.1 Å². The molecule has 1 saturated heterocycles. The molecule has 0 unspecified atom stereocenters. The van der Waals surface area contributed by atoms with Gasteiger partial charge in [0.15, 0.2) is 0 Å². The van der Waals surface area contributed by atoms with Crippen LogP contribution in [0.25, 0.3) is 0 Å². The molecule has 3 rings (SSSR count). The highest BCUT2D eigenvalue weighted by Gasteiger charge is 2.31. The van der Waals surface area contributed by atoms with E-state index in [9.17, 15) is 4.79 Å². The summed E-state index contributed by atoms with van der Waals surface area (Å²) in [7, 11) is 1.98. The number of nitrogens with zero attached hydrogens (tertiary/aromatic N) is 2. The summed E-state index contributed by atoms with van der Waals surface area (Å²) in [5, 5.41) is 0. The minimum absolute atomic E-state index is 0.199. The summed E-state index contributed by atoms with van der Waals surface area (Å²) in [4.78, 5) is 18.0. The van der Waals surface area contributed by atoms with Gasteiger partial charge in [0.2, 0.25) is 5.91 Å². The Balaban J connectivity index is 1.80. The van der Waals surface area contributed by atoms with E-state index in [2.05, 4.69) is 43.0 Å². The van der Waals surface area contributed by atoms with Crippen LogP contribution in [-0.4, -0.2) is 47.9 Å². The second-order valence-electron chi connectivity index (χ2n) is 7.56. The van der Waals surface area contributed by atoms with E-state index in [1.165, 1.54) is 0 Å². The van der Waals surface area contributed by atoms with E-state index < -0.39 is 0 Å². The average Bonchev–Trinajstić information content (AvgIpc) is 2.69. The van der Waals surface area contributed by atoms with Gasteiger partial charge in [0.05, 0.1) is 5.92 Å².